The Morgan fingerprint density at radius 1 is 1.26 bits per heavy atom. The first-order chi connectivity index (χ1) is 13.2. The fourth-order valence-electron chi connectivity index (χ4n) is 2.81. The summed E-state index contributed by atoms with van der Waals surface area (Å²) in [7, 11) is 3.05. The van der Waals surface area contributed by atoms with Crippen molar-refractivity contribution < 1.29 is 14.3 Å². The summed E-state index contributed by atoms with van der Waals surface area (Å²) in [6, 6.07) is 12.8. The summed E-state index contributed by atoms with van der Waals surface area (Å²) < 4.78 is 12.3. The Labute approximate surface area is 157 Å². The predicted octanol–water partition coefficient (Wildman–Crippen LogP) is 3.06. The van der Waals surface area contributed by atoms with Gasteiger partial charge >= 0.3 is 0 Å². The molecule has 0 aliphatic heterocycles. The molecule has 0 saturated heterocycles. The van der Waals surface area contributed by atoms with Crippen LogP contribution in [0.1, 0.15) is 15.9 Å². The van der Waals surface area contributed by atoms with Crippen molar-refractivity contribution in [1.82, 2.24) is 9.99 Å². The lowest BCUT2D eigenvalue weighted by molar-refractivity contribution is 0.0952. The largest absolute Gasteiger partial charge is 0.497 e. The number of nitrogens with zero attached hydrogens (tertiary/aromatic N) is 2. The summed E-state index contributed by atoms with van der Waals surface area (Å²) in [6.45, 7) is 0.462. The van der Waals surface area contributed by atoms with Crippen LogP contribution in [0.4, 0.5) is 0 Å². The third-order valence-corrected chi connectivity index (χ3v) is 4.10. The fraction of sp³-hybridized carbons (Fsp3) is 0.143. The van der Waals surface area contributed by atoms with Gasteiger partial charge in [0.2, 0.25) is 0 Å². The topological polar surface area (TPSA) is 64.9 Å². The monoisotopic (exact) mass is 361 g/mol. The Morgan fingerprint density at radius 2 is 2.07 bits per heavy atom. The Bertz CT molecular complexity index is 1040. The number of methoxy groups -OCH3 is 2. The van der Waals surface area contributed by atoms with Crippen LogP contribution in [-0.2, 0) is 6.54 Å². The highest BCUT2D eigenvalue weighted by Gasteiger charge is 2.13. The molecule has 3 rings (SSSR count). The average Bonchev–Trinajstić information content (AvgIpc) is 3.05. The zero-order valence-corrected chi connectivity index (χ0v) is 15.1. The summed E-state index contributed by atoms with van der Waals surface area (Å²) >= 11 is 0. The van der Waals surface area contributed by atoms with Gasteiger partial charge in [-0.2, -0.15) is 5.10 Å². The van der Waals surface area contributed by atoms with Crippen molar-refractivity contribution in [2.75, 3.05) is 14.2 Å². The Kier molecular flexibility index (Phi) is 5.43. The molecule has 0 saturated carbocycles. The summed E-state index contributed by atoms with van der Waals surface area (Å²) in [5, 5.41) is 5.09. The van der Waals surface area contributed by atoms with Crippen LogP contribution in [0.15, 0.2) is 53.8 Å². The molecule has 0 unspecified atom stereocenters. The van der Waals surface area contributed by atoms with Gasteiger partial charge in [0.15, 0.2) is 0 Å². The van der Waals surface area contributed by atoms with E-state index in [0.29, 0.717) is 23.6 Å². The van der Waals surface area contributed by atoms with E-state index < -0.39 is 0 Å². The van der Waals surface area contributed by atoms with E-state index in [1.54, 1.807) is 31.5 Å². The van der Waals surface area contributed by atoms with Crippen LogP contribution in [0.5, 0.6) is 11.5 Å². The third-order valence-electron chi connectivity index (χ3n) is 4.10. The number of hydrogen-bond acceptors (Lipinski definition) is 4. The van der Waals surface area contributed by atoms with Gasteiger partial charge in [-0.3, -0.25) is 4.79 Å². The Balaban J connectivity index is 1.81. The van der Waals surface area contributed by atoms with Crippen molar-refractivity contribution in [1.29, 1.82) is 0 Å². The van der Waals surface area contributed by atoms with E-state index in [9.17, 15) is 4.79 Å². The first-order valence-electron chi connectivity index (χ1n) is 8.24. The highest BCUT2D eigenvalue weighted by Crippen LogP contribution is 2.24. The molecule has 27 heavy (non-hydrogen) atoms. The molecule has 0 radical (unpaired) electrons. The standard InChI is InChI=1S/C21H19N3O3/c1-4-11-24-14-15(17-7-5-6-8-19(17)24)13-22-23-21(25)18-10-9-16(26-2)12-20(18)27-3/h1,5-10,12-14H,11H2,2-3H3,(H,23,25). The molecule has 1 N–H and O–H groups in total. The Morgan fingerprint density at radius 3 is 2.81 bits per heavy atom. The van der Waals surface area contributed by atoms with Crippen molar-refractivity contribution in [2.45, 2.75) is 6.54 Å². The quantitative estimate of drug-likeness (QED) is 0.417. The summed E-state index contributed by atoms with van der Waals surface area (Å²) in [5.41, 5.74) is 4.77. The zero-order chi connectivity index (χ0) is 19.2. The number of benzene rings is 2. The van der Waals surface area contributed by atoms with E-state index in [1.807, 2.05) is 35.0 Å². The van der Waals surface area contributed by atoms with Crippen LogP contribution in [0.25, 0.3) is 10.9 Å². The maximum absolute atomic E-state index is 12.4. The second-order valence-corrected chi connectivity index (χ2v) is 5.70. The number of carbonyl (C=O) groups is 1. The number of fused-ring (bicyclic) bond motifs is 1. The number of ether oxygens (including phenoxy) is 2. The van der Waals surface area contributed by atoms with Gasteiger partial charge in [-0.1, -0.05) is 24.1 Å². The van der Waals surface area contributed by atoms with E-state index in [1.165, 1.54) is 7.11 Å². The second kappa shape index (κ2) is 8.11. The number of nitrogens with one attached hydrogen (secondary N) is 1. The predicted molar refractivity (Wildman–Crippen MR) is 105 cm³/mol. The number of para-hydroxylation sites is 1. The van der Waals surface area contributed by atoms with Crippen molar-refractivity contribution in [3.05, 3.63) is 59.8 Å². The maximum Gasteiger partial charge on any atom is 0.275 e. The number of amides is 1. The molecular weight excluding hydrogens is 342 g/mol. The number of carbonyl (C=O) groups excluding carboxylic acids is 1. The molecule has 1 aromatic heterocycles. The van der Waals surface area contributed by atoms with Crippen LogP contribution < -0.4 is 14.9 Å². The fourth-order valence-corrected chi connectivity index (χ4v) is 2.81. The van der Waals surface area contributed by atoms with Crippen LogP contribution >= 0.6 is 0 Å². The van der Waals surface area contributed by atoms with Crippen LogP contribution in [0.2, 0.25) is 0 Å². The van der Waals surface area contributed by atoms with Crippen molar-refractivity contribution in [3.63, 3.8) is 0 Å². The van der Waals surface area contributed by atoms with Crippen molar-refractivity contribution in [3.8, 4) is 23.8 Å². The minimum atomic E-state index is -0.377. The van der Waals surface area contributed by atoms with E-state index in [2.05, 4.69) is 16.4 Å². The Hall–Kier alpha value is -3.72. The lowest BCUT2D eigenvalue weighted by atomic mass is 10.2. The molecular formula is C21H19N3O3. The molecule has 0 fully saturated rings. The molecule has 1 amide bonds. The van der Waals surface area contributed by atoms with Gasteiger partial charge in [0, 0.05) is 28.7 Å². The van der Waals surface area contributed by atoms with Crippen molar-refractivity contribution in [2.24, 2.45) is 5.10 Å². The molecule has 0 spiro atoms. The summed E-state index contributed by atoms with van der Waals surface area (Å²) in [6.07, 6.45) is 8.94. The molecule has 0 bridgehead atoms. The van der Waals surface area contributed by atoms with Gasteiger partial charge in [-0.05, 0) is 18.2 Å². The molecule has 2 aromatic carbocycles. The lowest BCUT2D eigenvalue weighted by Crippen LogP contribution is -2.18. The molecule has 0 aliphatic rings. The van der Waals surface area contributed by atoms with Gasteiger partial charge in [-0.15, -0.1) is 6.42 Å². The normalized spacial score (nSPS) is 10.7. The summed E-state index contributed by atoms with van der Waals surface area (Å²) in [4.78, 5) is 12.4. The number of terminal acetylenes is 1. The number of aromatic nitrogens is 1. The van der Waals surface area contributed by atoms with E-state index in [4.69, 9.17) is 15.9 Å². The van der Waals surface area contributed by atoms with Crippen LogP contribution in [0, 0.1) is 12.3 Å². The van der Waals surface area contributed by atoms with Gasteiger partial charge < -0.3 is 14.0 Å². The van der Waals surface area contributed by atoms with Gasteiger partial charge in [0.1, 0.15) is 11.5 Å². The second-order valence-electron chi connectivity index (χ2n) is 5.70. The first kappa shape index (κ1) is 18.1. The number of hydrogen-bond donors (Lipinski definition) is 1. The van der Waals surface area contributed by atoms with Gasteiger partial charge in [0.25, 0.3) is 5.91 Å². The average molecular weight is 361 g/mol. The smallest absolute Gasteiger partial charge is 0.275 e. The molecule has 136 valence electrons. The summed E-state index contributed by atoms with van der Waals surface area (Å²) in [5.74, 6) is 3.27. The molecule has 6 nitrogen and oxygen atoms in total. The lowest BCUT2D eigenvalue weighted by Gasteiger charge is -2.08. The van der Waals surface area contributed by atoms with E-state index >= 15 is 0 Å². The highest BCUT2D eigenvalue weighted by molar-refractivity contribution is 6.01. The van der Waals surface area contributed by atoms with Crippen LogP contribution in [0.3, 0.4) is 0 Å². The van der Waals surface area contributed by atoms with E-state index in [0.717, 1.165) is 16.5 Å². The van der Waals surface area contributed by atoms with E-state index in [-0.39, 0.29) is 5.91 Å². The third kappa shape index (κ3) is 3.77. The van der Waals surface area contributed by atoms with Gasteiger partial charge in [0.05, 0.1) is 32.5 Å². The molecule has 0 atom stereocenters. The number of hydrazone groups is 1. The maximum atomic E-state index is 12.4. The molecule has 0 aliphatic carbocycles. The molecule has 1 heterocycles. The zero-order valence-electron chi connectivity index (χ0n) is 15.1. The minimum absolute atomic E-state index is 0.366. The SMILES string of the molecule is C#CCn1cc(C=NNC(=O)c2ccc(OC)cc2OC)c2ccccc21. The molecule has 6 heteroatoms. The highest BCUT2D eigenvalue weighted by atomic mass is 16.5. The van der Waals surface area contributed by atoms with Crippen LogP contribution in [-0.4, -0.2) is 30.9 Å². The van der Waals surface area contributed by atoms with Gasteiger partial charge in [-0.25, -0.2) is 5.43 Å². The minimum Gasteiger partial charge on any atom is -0.497 e. The molecule has 3 aromatic rings. The van der Waals surface area contributed by atoms with Crippen molar-refractivity contribution >= 4 is 23.0 Å². The first-order valence-corrected chi connectivity index (χ1v) is 8.24. The number of rotatable bonds is 6.